The zero-order valence-electron chi connectivity index (χ0n) is 15.3. The Hall–Kier alpha value is -2.22. The van der Waals surface area contributed by atoms with Gasteiger partial charge in [-0.2, -0.15) is 0 Å². The smallest absolute Gasteiger partial charge is 0.308 e. The van der Waals surface area contributed by atoms with E-state index in [1.54, 1.807) is 11.5 Å². The van der Waals surface area contributed by atoms with Gasteiger partial charge in [-0.25, -0.2) is 4.98 Å². The zero-order chi connectivity index (χ0) is 19.1. The van der Waals surface area contributed by atoms with Crippen molar-refractivity contribution in [3.05, 3.63) is 26.6 Å². The molecular formula is C19H23N3O4S. The van der Waals surface area contributed by atoms with Crippen LogP contribution in [0.25, 0.3) is 10.2 Å². The fraction of sp³-hybridized carbons (Fsp3) is 0.579. The summed E-state index contributed by atoms with van der Waals surface area (Å²) in [5, 5.41) is 12.7. The van der Waals surface area contributed by atoms with E-state index < -0.39 is 11.9 Å². The van der Waals surface area contributed by atoms with E-state index in [1.807, 2.05) is 0 Å². The van der Waals surface area contributed by atoms with Crippen LogP contribution >= 0.6 is 11.3 Å². The normalized spacial score (nSPS) is 22.4. The maximum Gasteiger partial charge on any atom is 0.308 e. The Balaban J connectivity index is 1.69. The zero-order valence-corrected chi connectivity index (χ0v) is 16.1. The third kappa shape index (κ3) is 3.16. The summed E-state index contributed by atoms with van der Waals surface area (Å²) in [5.74, 6) is -0.897. The van der Waals surface area contributed by atoms with Gasteiger partial charge < -0.3 is 10.4 Å². The molecule has 2 aromatic heterocycles. The summed E-state index contributed by atoms with van der Waals surface area (Å²) in [5.41, 5.74) is 0.586. The topological polar surface area (TPSA) is 101 Å². The van der Waals surface area contributed by atoms with E-state index in [0.29, 0.717) is 40.0 Å². The Morgan fingerprint density at radius 1 is 1.22 bits per heavy atom. The van der Waals surface area contributed by atoms with Crippen LogP contribution in [-0.2, 0) is 17.8 Å². The van der Waals surface area contributed by atoms with Gasteiger partial charge in [0.25, 0.3) is 11.5 Å². The summed E-state index contributed by atoms with van der Waals surface area (Å²) in [7, 11) is 0. The van der Waals surface area contributed by atoms with Crippen molar-refractivity contribution in [2.45, 2.75) is 64.5 Å². The van der Waals surface area contributed by atoms with Crippen LogP contribution in [0.3, 0.4) is 0 Å². The van der Waals surface area contributed by atoms with E-state index in [1.165, 1.54) is 11.3 Å². The minimum Gasteiger partial charge on any atom is -0.481 e. The molecule has 0 saturated heterocycles. The number of thiophene rings is 1. The Morgan fingerprint density at radius 2 is 2.04 bits per heavy atom. The number of nitrogens with one attached hydrogen (secondary N) is 1. The second kappa shape index (κ2) is 7.07. The lowest BCUT2D eigenvalue weighted by Gasteiger charge is -2.17. The second-order valence-electron chi connectivity index (χ2n) is 7.49. The highest BCUT2D eigenvalue weighted by molar-refractivity contribution is 7.20. The first-order chi connectivity index (χ1) is 13.0. The Morgan fingerprint density at radius 3 is 2.81 bits per heavy atom. The monoisotopic (exact) mass is 389 g/mol. The van der Waals surface area contributed by atoms with Gasteiger partial charge in [-0.1, -0.05) is 12.8 Å². The van der Waals surface area contributed by atoms with Gasteiger partial charge in [0.15, 0.2) is 0 Å². The largest absolute Gasteiger partial charge is 0.481 e. The van der Waals surface area contributed by atoms with E-state index in [2.05, 4.69) is 10.3 Å². The van der Waals surface area contributed by atoms with Crippen molar-refractivity contribution >= 4 is 33.4 Å². The summed E-state index contributed by atoms with van der Waals surface area (Å²) < 4.78 is 1.76. The quantitative estimate of drug-likeness (QED) is 0.840. The third-order valence-corrected chi connectivity index (χ3v) is 6.95. The molecule has 2 aliphatic rings. The number of aromatic nitrogens is 2. The maximum absolute atomic E-state index is 13.0. The van der Waals surface area contributed by atoms with Gasteiger partial charge in [0.1, 0.15) is 10.7 Å². The minimum absolute atomic E-state index is 0.0611. The fourth-order valence-corrected chi connectivity index (χ4v) is 5.38. The molecule has 0 spiro atoms. The molecule has 2 N–H and O–H groups in total. The molecule has 1 saturated carbocycles. The predicted octanol–water partition coefficient (Wildman–Crippen LogP) is 2.48. The molecule has 0 bridgehead atoms. The third-order valence-electron chi connectivity index (χ3n) is 5.77. The molecule has 0 radical (unpaired) electrons. The van der Waals surface area contributed by atoms with Crippen LogP contribution in [0.5, 0.6) is 0 Å². The number of carbonyl (C=O) groups excluding carboxylic acids is 1. The average Bonchev–Trinajstić information content (AvgIpc) is 3.12. The van der Waals surface area contributed by atoms with Gasteiger partial charge in [-0.3, -0.25) is 19.0 Å². The molecular weight excluding hydrogens is 366 g/mol. The number of hydrogen-bond donors (Lipinski definition) is 2. The number of amides is 1. The Bertz CT molecular complexity index is 977. The van der Waals surface area contributed by atoms with E-state index >= 15 is 0 Å². The van der Waals surface area contributed by atoms with Crippen LogP contribution in [0.4, 0.5) is 0 Å². The molecule has 0 unspecified atom stereocenters. The summed E-state index contributed by atoms with van der Waals surface area (Å²) in [6.07, 6.45) is 5.91. The predicted molar refractivity (Wildman–Crippen MR) is 102 cm³/mol. The molecule has 7 nitrogen and oxygen atoms in total. The minimum atomic E-state index is -0.866. The number of carboxylic acids is 1. The van der Waals surface area contributed by atoms with Crippen LogP contribution in [0.2, 0.25) is 0 Å². The maximum atomic E-state index is 13.0. The van der Waals surface area contributed by atoms with Gasteiger partial charge in [0.2, 0.25) is 0 Å². The molecule has 2 atom stereocenters. The van der Waals surface area contributed by atoms with Crippen molar-refractivity contribution in [1.29, 1.82) is 0 Å². The van der Waals surface area contributed by atoms with Gasteiger partial charge in [0.05, 0.1) is 16.2 Å². The SMILES string of the molecule is Cc1c(C(=O)N[C@@H]2CCC[C@@H]2C(=O)O)sc2nc3n(c(=O)c12)CCCCC3. The molecule has 8 heteroatoms. The van der Waals surface area contributed by atoms with Crippen LogP contribution < -0.4 is 10.9 Å². The number of nitrogens with zero attached hydrogens (tertiary/aromatic N) is 2. The van der Waals surface area contributed by atoms with Gasteiger partial charge in [-0.05, 0) is 38.2 Å². The summed E-state index contributed by atoms with van der Waals surface area (Å²) >= 11 is 1.23. The standard InChI is InChI=1S/C19H23N3O4S/c1-10-14-17(21-13-8-3-2-4-9-22(13)18(14)24)27-15(10)16(23)20-12-7-5-6-11(12)19(25)26/h11-12H,2-9H2,1H3,(H,20,23)(H,25,26)/t11-,12+/m0/s1. The number of hydrogen-bond acceptors (Lipinski definition) is 5. The molecule has 1 fully saturated rings. The summed E-state index contributed by atoms with van der Waals surface area (Å²) in [6, 6.07) is -0.356. The molecule has 4 rings (SSSR count). The van der Waals surface area contributed by atoms with Crippen molar-refractivity contribution in [2.75, 3.05) is 0 Å². The Labute approximate surface area is 160 Å². The molecule has 144 valence electrons. The highest BCUT2D eigenvalue weighted by atomic mass is 32.1. The van der Waals surface area contributed by atoms with E-state index in [9.17, 15) is 19.5 Å². The first kappa shape index (κ1) is 18.2. The number of carboxylic acid groups (broad SMARTS) is 1. The summed E-state index contributed by atoms with van der Waals surface area (Å²) in [6.45, 7) is 2.46. The number of aryl methyl sites for hydroxylation is 2. The van der Waals surface area contributed by atoms with Crippen molar-refractivity contribution in [3.8, 4) is 0 Å². The molecule has 1 aliphatic carbocycles. The van der Waals surface area contributed by atoms with Crippen molar-refractivity contribution in [3.63, 3.8) is 0 Å². The van der Waals surface area contributed by atoms with Gasteiger partial charge in [-0.15, -0.1) is 11.3 Å². The fourth-order valence-electron chi connectivity index (χ4n) is 4.29. The molecule has 27 heavy (non-hydrogen) atoms. The summed E-state index contributed by atoms with van der Waals surface area (Å²) in [4.78, 5) is 42.9. The van der Waals surface area contributed by atoms with Crippen LogP contribution in [0, 0.1) is 12.8 Å². The second-order valence-corrected chi connectivity index (χ2v) is 8.49. The van der Waals surface area contributed by atoms with Gasteiger partial charge >= 0.3 is 5.97 Å². The first-order valence-corrected chi connectivity index (χ1v) is 10.4. The highest BCUT2D eigenvalue weighted by Gasteiger charge is 2.34. The Kier molecular flexibility index (Phi) is 4.75. The van der Waals surface area contributed by atoms with Crippen LogP contribution in [0.1, 0.15) is 59.6 Å². The lowest BCUT2D eigenvalue weighted by molar-refractivity contribution is -0.142. The number of carbonyl (C=O) groups is 2. The first-order valence-electron chi connectivity index (χ1n) is 9.54. The van der Waals surface area contributed by atoms with Gasteiger partial charge in [0, 0.05) is 19.0 Å². The average molecular weight is 389 g/mol. The van der Waals surface area contributed by atoms with Crippen LogP contribution in [-0.4, -0.2) is 32.6 Å². The number of aliphatic carboxylic acids is 1. The van der Waals surface area contributed by atoms with Crippen molar-refractivity contribution in [2.24, 2.45) is 5.92 Å². The lowest BCUT2D eigenvalue weighted by atomic mass is 10.0. The molecule has 1 amide bonds. The van der Waals surface area contributed by atoms with Crippen molar-refractivity contribution < 1.29 is 14.7 Å². The lowest BCUT2D eigenvalue weighted by Crippen LogP contribution is -2.40. The van der Waals surface area contributed by atoms with E-state index in [4.69, 9.17) is 0 Å². The molecule has 1 aliphatic heterocycles. The molecule has 2 aromatic rings. The highest BCUT2D eigenvalue weighted by Crippen LogP contribution is 2.30. The van der Waals surface area contributed by atoms with Crippen LogP contribution in [0.15, 0.2) is 4.79 Å². The molecule has 0 aromatic carbocycles. The number of rotatable bonds is 3. The number of fused-ring (bicyclic) bond motifs is 2. The van der Waals surface area contributed by atoms with E-state index in [0.717, 1.165) is 37.9 Å². The van der Waals surface area contributed by atoms with E-state index in [-0.39, 0.29) is 17.5 Å². The van der Waals surface area contributed by atoms with Crippen molar-refractivity contribution in [1.82, 2.24) is 14.9 Å². The molecule has 3 heterocycles.